The first-order valence-corrected chi connectivity index (χ1v) is 11.4. The Bertz CT molecular complexity index is 822. The van der Waals surface area contributed by atoms with Crippen LogP contribution in [-0.4, -0.2) is 70.0 Å². The Kier molecular flexibility index (Phi) is 8.36. The lowest BCUT2D eigenvalue weighted by Gasteiger charge is -2.32. The number of aryl methyl sites for hydroxylation is 1. The predicted octanol–water partition coefficient (Wildman–Crippen LogP) is 2.30. The molecule has 1 aliphatic rings. The number of benzene rings is 1. The Labute approximate surface area is 176 Å². The molecule has 0 spiro atoms. The van der Waals surface area contributed by atoms with Crippen LogP contribution in [0.25, 0.3) is 0 Å². The third kappa shape index (κ3) is 6.00. The van der Waals surface area contributed by atoms with Crippen molar-refractivity contribution in [1.82, 2.24) is 14.9 Å². The van der Waals surface area contributed by atoms with Gasteiger partial charge >= 0.3 is 15.5 Å². The van der Waals surface area contributed by atoms with Gasteiger partial charge in [-0.3, -0.25) is 4.99 Å². The van der Waals surface area contributed by atoms with Crippen LogP contribution in [0, 0.1) is 6.92 Å². The molecule has 1 heterocycles. The summed E-state index contributed by atoms with van der Waals surface area (Å²) in [7, 11) is -3.64. The number of sulfonamides is 1. The fraction of sp³-hybridized carbons (Fsp3) is 0.632. The molecule has 7 nitrogen and oxygen atoms in total. The molecule has 1 aliphatic heterocycles. The highest BCUT2D eigenvalue weighted by molar-refractivity contribution is 7.90. The van der Waals surface area contributed by atoms with E-state index in [0.717, 1.165) is 13.1 Å². The van der Waals surface area contributed by atoms with Crippen LogP contribution in [0.1, 0.15) is 25.3 Å². The minimum absolute atomic E-state index is 0.144. The van der Waals surface area contributed by atoms with E-state index in [0.29, 0.717) is 16.8 Å². The minimum Gasteiger partial charge on any atom is -0.370 e. The van der Waals surface area contributed by atoms with Gasteiger partial charge < -0.3 is 15.5 Å². The molecular formula is C19H30F3N5O2S. The van der Waals surface area contributed by atoms with Gasteiger partial charge in [0, 0.05) is 51.5 Å². The average Bonchev–Trinajstić information content (AvgIpc) is 2.70. The van der Waals surface area contributed by atoms with Crippen LogP contribution in [0.15, 0.2) is 29.3 Å². The molecule has 0 bridgehead atoms. The number of aliphatic imine (C=N–C) groups is 1. The van der Waals surface area contributed by atoms with Gasteiger partial charge in [-0.15, -0.1) is 0 Å². The maximum Gasteiger partial charge on any atom is 0.511 e. The molecule has 30 heavy (non-hydrogen) atoms. The molecule has 170 valence electrons. The van der Waals surface area contributed by atoms with E-state index < -0.39 is 15.5 Å². The van der Waals surface area contributed by atoms with E-state index in [9.17, 15) is 21.6 Å². The first-order valence-electron chi connectivity index (χ1n) is 9.94. The van der Waals surface area contributed by atoms with Crippen molar-refractivity contribution in [3.05, 3.63) is 29.8 Å². The molecule has 2 rings (SSSR count). The van der Waals surface area contributed by atoms with Crippen LogP contribution in [0.2, 0.25) is 0 Å². The summed E-state index contributed by atoms with van der Waals surface area (Å²) in [5, 5.41) is 6.40. The first kappa shape index (κ1) is 24.3. The van der Waals surface area contributed by atoms with Gasteiger partial charge in [0.15, 0.2) is 5.96 Å². The van der Waals surface area contributed by atoms with Crippen LogP contribution in [-0.2, 0) is 10.0 Å². The average molecular weight is 450 g/mol. The van der Waals surface area contributed by atoms with Gasteiger partial charge in [0.1, 0.15) is 0 Å². The number of anilines is 1. The number of alkyl halides is 3. The second kappa shape index (κ2) is 10.3. The number of rotatable bonds is 7. The van der Waals surface area contributed by atoms with Crippen LogP contribution in [0.5, 0.6) is 0 Å². The standard InChI is InChI=1S/C19H30F3N5O2S/c1-4-26(17-8-6-5-7-15(17)2)14-11-24-18(23-3)25-16-9-12-27(13-10-16)30(28,29)19(20,21)22/h5-8,16H,4,9-14H2,1-3H3,(H2,23,24,25). The molecule has 1 fully saturated rings. The lowest BCUT2D eigenvalue weighted by molar-refractivity contribution is -0.0494. The largest absolute Gasteiger partial charge is 0.511 e. The van der Waals surface area contributed by atoms with Crippen molar-refractivity contribution < 1.29 is 21.6 Å². The highest BCUT2D eigenvalue weighted by Crippen LogP contribution is 2.28. The van der Waals surface area contributed by atoms with E-state index in [2.05, 4.69) is 46.5 Å². The second-order valence-corrected chi connectivity index (χ2v) is 9.06. The summed E-state index contributed by atoms with van der Waals surface area (Å²) >= 11 is 0. The van der Waals surface area contributed by atoms with Crippen LogP contribution in [0.4, 0.5) is 18.9 Å². The van der Waals surface area contributed by atoms with Gasteiger partial charge in [0.05, 0.1) is 0 Å². The Morgan fingerprint density at radius 3 is 2.43 bits per heavy atom. The summed E-state index contributed by atoms with van der Waals surface area (Å²) in [6, 6.07) is 8.01. The zero-order valence-electron chi connectivity index (χ0n) is 17.5. The van der Waals surface area contributed by atoms with Crippen LogP contribution >= 0.6 is 0 Å². The van der Waals surface area contributed by atoms with E-state index in [1.165, 1.54) is 11.3 Å². The van der Waals surface area contributed by atoms with E-state index >= 15 is 0 Å². The number of halogens is 3. The van der Waals surface area contributed by atoms with E-state index in [1.807, 2.05) is 12.1 Å². The zero-order chi connectivity index (χ0) is 22.4. The summed E-state index contributed by atoms with van der Waals surface area (Å²) in [6.07, 6.45) is 0.556. The van der Waals surface area contributed by atoms with Crippen molar-refractivity contribution >= 4 is 21.7 Å². The lowest BCUT2D eigenvalue weighted by Crippen LogP contribution is -2.52. The van der Waals surface area contributed by atoms with E-state index in [4.69, 9.17) is 0 Å². The third-order valence-electron chi connectivity index (χ3n) is 5.16. The molecule has 0 atom stereocenters. The quantitative estimate of drug-likeness (QED) is 0.494. The number of hydrogen-bond donors (Lipinski definition) is 2. The minimum atomic E-state index is -5.26. The van der Waals surface area contributed by atoms with Crippen LogP contribution in [0.3, 0.4) is 0 Å². The van der Waals surface area contributed by atoms with Crippen molar-refractivity contribution in [3.63, 3.8) is 0 Å². The Hall–Kier alpha value is -2.01. The van der Waals surface area contributed by atoms with Crippen molar-refractivity contribution in [1.29, 1.82) is 0 Å². The molecule has 0 unspecified atom stereocenters. The number of piperidine rings is 1. The van der Waals surface area contributed by atoms with Gasteiger partial charge in [-0.2, -0.15) is 17.5 Å². The van der Waals surface area contributed by atoms with Gasteiger partial charge in [-0.1, -0.05) is 18.2 Å². The number of likely N-dealkylation sites (N-methyl/N-ethyl adjacent to an activating group) is 1. The molecule has 0 aromatic heterocycles. The molecule has 1 aromatic rings. The Morgan fingerprint density at radius 2 is 1.90 bits per heavy atom. The van der Waals surface area contributed by atoms with Crippen molar-refractivity contribution in [3.8, 4) is 0 Å². The maximum atomic E-state index is 12.7. The molecule has 0 amide bonds. The molecule has 1 aromatic carbocycles. The fourth-order valence-corrected chi connectivity index (χ4v) is 4.44. The first-order chi connectivity index (χ1) is 14.1. The van der Waals surface area contributed by atoms with Gasteiger partial charge in [0.25, 0.3) is 0 Å². The van der Waals surface area contributed by atoms with Crippen molar-refractivity contribution in [2.45, 2.75) is 38.2 Å². The van der Waals surface area contributed by atoms with Gasteiger partial charge in [-0.05, 0) is 38.3 Å². The molecule has 2 N–H and O–H groups in total. The molecule has 11 heteroatoms. The maximum absolute atomic E-state index is 12.7. The topological polar surface area (TPSA) is 77.0 Å². The van der Waals surface area contributed by atoms with E-state index in [-0.39, 0.29) is 32.0 Å². The third-order valence-corrected chi connectivity index (χ3v) is 6.79. The molecule has 0 saturated carbocycles. The zero-order valence-corrected chi connectivity index (χ0v) is 18.4. The number of nitrogens with zero attached hydrogens (tertiary/aromatic N) is 3. The monoisotopic (exact) mass is 449 g/mol. The van der Waals surface area contributed by atoms with Crippen molar-refractivity contribution in [2.75, 3.05) is 44.7 Å². The van der Waals surface area contributed by atoms with Crippen molar-refractivity contribution in [2.24, 2.45) is 4.99 Å². The summed E-state index contributed by atoms with van der Waals surface area (Å²) in [5.74, 6) is 0.549. The summed E-state index contributed by atoms with van der Waals surface area (Å²) in [5.41, 5.74) is -2.89. The normalized spacial score (nSPS) is 17.1. The summed E-state index contributed by atoms with van der Waals surface area (Å²) in [4.78, 5) is 6.41. The van der Waals surface area contributed by atoms with Crippen LogP contribution < -0.4 is 15.5 Å². The number of guanidine groups is 1. The van der Waals surface area contributed by atoms with Gasteiger partial charge in [-0.25, -0.2) is 8.42 Å². The lowest BCUT2D eigenvalue weighted by atomic mass is 10.1. The Morgan fingerprint density at radius 1 is 1.27 bits per heavy atom. The SMILES string of the molecule is CCN(CCNC(=NC)NC1CCN(S(=O)(=O)C(F)(F)F)CC1)c1ccccc1C. The molecule has 0 radical (unpaired) electrons. The predicted molar refractivity (Wildman–Crippen MR) is 113 cm³/mol. The molecule has 1 saturated heterocycles. The second-order valence-electron chi connectivity index (χ2n) is 7.13. The summed E-state index contributed by atoms with van der Waals surface area (Å²) < 4.78 is 61.6. The summed E-state index contributed by atoms with van der Waals surface area (Å²) in [6.45, 7) is 6.04. The van der Waals surface area contributed by atoms with E-state index in [1.54, 1.807) is 7.05 Å². The smallest absolute Gasteiger partial charge is 0.370 e. The Balaban J connectivity index is 1.82. The fourth-order valence-electron chi connectivity index (χ4n) is 3.45. The number of para-hydroxylation sites is 1. The molecule has 0 aliphatic carbocycles. The highest BCUT2D eigenvalue weighted by atomic mass is 32.2. The number of hydrogen-bond acceptors (Lipinski definition) is 4. The molecular weight excluding hydrogens is 419 g/mol. The number of nitrogens with one attached hydrogen (secondary N) is 2. The van der Waals surface area contributed by atoms with Gasteiger partial charge in [0.2, 0.25) is 0 Å². The highest BCUT2D eigenvalue weighted by Gasteiger charge is 2.50.